The number of anilines is 2. The van der Waals surface area contributed by atoms with Crippen LogP contribution in [0.3, 0.4) is 0 Å². The van der Waals surface area contributed by atoms with Crippen molar-refractivity contribution in [3.8, 4) is 5.30 Å². The Bertz CT molecular complexity index is 1300. The fraction of sp³-hybridized carbons (Fsp3) is 0.550. The first-order chi connectivity index (χ1) is 21.0. The highest BCUT2D eigenvalue weighted by Gasteiger charge is 2.20. The Morgan fingerprint density at radius 3 is 1.21 bits per heavy atom. The molecule has 3 aromatic carbocycles. The van der Waals surface area contributed by atoms with E-state index in [1.807, 2.05) is 0 Å². The van der Waals surface area contributed by atoms with Gasteiger partial charge in [0, 0.05) is 47.8 Å². The Labute approximate surface area is 264 Å². The van der Waals surface area contributed by atoms with Crippen molar-refractivity contribution in [2.75, 3.05) is 36.0 Å². The zero-order valence-electron chi connectivity index (χ0n) is 28.4. The second-order valence-corrected chi connectivity index (χ2v) is 14.9. The van der Waals surface area contributed by atoms with Crippen molar-refractivity contribution in [2.24, 2.45) is 0 Å². The van der Waals surface area contributed by atoms with Crippen LogP contribution in [0.2, 0.25) is 0 Å². The summed E-state index contributed by atoms with van der Waals surface area (Å²) in [6.07, 6.45) is 15.4. The lowest BCUT2D eigenvalue weighted by molar-refractivity contribution is 0.636. The number of benzene rings is 3. The second-order valence-electron chi connectivity index (χ2n) is 12.8. The number of nitrogens with zero attached hydrogens (tertiary/aromatic N) is 2. The fourth-order valence-electron chi connectivity index (χ4n) is 6.75. The minimum atomic E-state index is -0.559. The molecule has 0 atom stereocenters. The molecule has 0 aliphatic rings. The van der Waals surface area contributed by atoms with Gasteiger partial charge in [-0.05, 0) is 91.0 Å². The third-order valence-electron chi connectivity index (χ3n) is 9.22. The lowest BCUT2D eigenvalue weighted by Gasteiger charge is -2.27. The molecule has 234 valence electrons. The molecule has 2 nitrogen and oxygen atoms in total. The molecule has 0 saturated heterocycles. The SMILES string of the molecule is CCCCCN(CCCCC)c1cc2c3cc(N(CCCCC)CCCCC)c(C)cc3p(-c3ccccc3)c2cc1C. The van der Waals surface area contributed by atoms with Gasteiger partial charge in [0.25, 0.3) is 0 Å². The van der Waals surface area contributed by atoms with Crippen molar-refractivity contribution >= 4 is 39.9 Å². The van der Waals surface area contributed by atoms with E-state index in [0.717, 1.165) is 0 Å². The molecule has 43 heavy (non-hydrogen) atoms. The summed E-state index contributed by atoms with van der Waals surface area (Å²) in [6, 6.07) is 21.7. The van der Waals surface area contributed by atoms with E-state index in [2.05, 4.69) is 106 Å². The van der Waals surface area contributed by atoms with Crippen LogP contribution in [0.4, 0.5) is 11.4 Å². The maximum Gasteiger partial charge on any atom is 0.0402 e. The largest absolute Gasteiger partial charge is 0.371 e. The first kappa shape index (κ1) is 33.5. The van der Waals surface area contributed by atoms with Gasteiger partial charge in [-0.3, -0.25) is 0 Å². The van der Waals surface area contributed by atoms with Crippen LogP contribution in [0.25, 0.3) is 26.3 Å². The van der Waals surface area contributed by atoms with E-state index < -0.39 is 7.53 Å². The van der Waals surface area contributed by atoms with Crippen molar-refractivity contribution in [3.05, 3.63) is 65.7 Å². The van der Waals surface area contributed by atoms with Gasteiger partial charge < -0.3 is 9.80 Å². The van der Waals surface area contributed by atoms with Crippen molar-refractivity contribution in [2.45, 2.75) is 119 Å². The van der Waals surface area contributed by atoms with E-state index >= 15 is 0 Å². The highest BCUT2D eigenvalue weighted by molar-refractivity contribution is 7.67. The number of fused-ring (bicyclic) bond motifs is 3. The van der Waals surface area contributed by atoms with Crippen LogP contribution >= 0.6 is 7.53 Å². The zero-order chi connectivity index (χ0) is 30.6. The zero-order valence-corrected chi connectivity index (χ0v) is 29.2. The molecular formula is C40H59N2P. The van der Waals surface area contributed by atoms with Gasteiger partial charge in [-0.25, -0.2) is 0 Å². The molecular weight excluding hydrogens is 539 g/mol. The maximum atomic E-state index is 2.72. The fourth-order valence-corrected chi connectivity index (χ4v) is 9.53. The molecule has 0 amide bonds. The number of aryl methyl sites for hydroxylation is 2. The molecule has 0 saturated carbocycles. The average Bonchev–Trinajstić information content (AvgIpc) is 3.31. The topological polar surface area (TPSA) is 6.48 Å². The summed E-state index contributed by atoms with van der Waals surface area (Å²) in [4.78, 5) is 5.45. The molecule has 0 fully saturated rings. The van der Waals surface area contributed by atoms with Gasteiger partial charge >= 0.3 is 0 Å². The molecule has 0 unspecified atom stereocenters. The van der Waals surface area contributed by atoms with Crippen molar-refractivity contribution in [3.63, 3.8) is 0 Å². The van der Waals surface area contributed by atoms with E-state index in [1.54, 1.807) is 10.2 Å². The normalized spacial score (nSPS) is 11.6. The first-order valence-electron chi connectivity index (χ1n) is 17.7. The van der Waals surface area contributed by atoms with E-state index in [1.165, 1.54) is 142 Å². The van der Waals surface area contributed by atoms with Gasteiger partial charge in [0.15, 0.2) is 0 Å². The predicted octanol–water partition coefficient (Wildman–Crippen LogP) is 13.0. The molecule has 0 spiro atoms. The van der Waals surface area contributed by atoms with Crippen molar-refractivity contribution in [1.29, 1.82) is 0 Å². The van der Waals surface area contributed by atoms with E-state index in [4.69, 9.17) is 0 Å². The number of unbranched alkanes of at least 4 members (excludes halogenated alkanes) is 8. The summed E-state index contributed by atoms with van der Waals surface area (Å²) < 4.78 is 0. The third-order valence-corrected chi connectivity index (χ3v) is 11.7. The Morgan fingerprint density at radius 2 is 0.860 bits per heavy atom. The molecule has 0 radical (unpaired) electrons. The summed E-state index contributed by atoms with van der Waals surface area (Å²) >= 11 is 0. The van der Waals surface area contributed by atoms with Crippen LogP contribution in [-0.2, 0) is 0 Å². The summed E-state index contributed by atoms with van der Waals surface area (Å²) in [7, 11) is -0.559. The average molecular weight is 599 g/mol. The van der Waals surface area contributed by atoms with E-state index in [-0.39, 0.29) is 0 Å². The minimum Gasteiger partial charge on any atom is -0.371 e. The molecule has 0 aliphatic carbocycles. The van der Waals surface area contributed by atoms with Crippen molar-refractivity contribution in [1.82, 2.24) is 0 Å². The van der Waals surface area contributed by atoms with Gasteiger partial charge in [-0.15, -0.1) is 0 Å². The summed E-state index contributed by atoms with van der Waals surface area (Å²) in [5.41, 5.74) is 5.82. The van der Waals surface area contributed by atoms with Gasteiger partial charge in [-0.2, -0.15) is 0 Å². The number of hydrogen-bond donors (Lipinski definition) is 0. The van der Waals surface area contributed by atoms with E-state index in [9.17, 15) is 0 Å². The summed E-state index contributed by atoms with van der Waals surface area (Å²) in [6.45, 7) is 18.7. The molecule has 1 aromatic heterocycles. The van der Waals surface area contributed by atoms with Gasteiger partial charge in [0.2, 0.25) is 0 Å². The Kier molecular flexibility index (Phi) is 13.3. The lowest BCUT2D eigenvalue weighted by atomic mass is 10.0. The van der Waals surface area contributed by atoms with Crippen LogP contribution < -0.4 is 9.80 Å². The Hall–Kier alpha value is -2.44. The minimum absolute atomic E-state index is 0.559. The van der Waals surface area contributed by atoms with Gasteiger partial charge in [0.05, 0.1) is 0 Å². The van der Waals surface area contributed by atoms with Crippen LogP contribution in [0.15, 0.2) is 54.6 Å². The lowest BCUT2D eigenvalue weighted by Crippen LogP contribution is -2.26. The maximum absolute atomic E-state index is 2.72. The molecule has 0 aliphatic heterocycles. The number of hydrogen-bond acceptors (Lipinski definition) is 2. The highest BCUT2D eigenvalue weighted by atomic mass is 31.1. The van der Waals surface area contributed by atoms with Crippen LogP contribution in [0.5, 0.6) is 0 Å². The Balaban J connectivity index is 1.90. The molecule has 0 bridgehead atoms. The molecule has 1 heterocycles. The molecule has 0 N–H and O–H groups in total. The third kappa shape index (κ3) is 8.39. The van der Waals surface area contributed by atoms with Crippen LogP contribution in [0, 0.1) is 13.8 Å². The summed E-state index contributed by atoms with van der Waals surface area (Å²) in [5, 5.41) is 7.57. The second kappa shape index (κ2) is 17.2. The van der Waals surface area contributed by atoms with E-state index in [0.29, 0.717) is 0 Å². The Morgan fingerprint density at radius 1 is 0.488 bits per heavy atom. The monoisotopic (exact) mass is 598 g/mol. The smallest absolute Gasteiger partial charge is 0.0402 e. The molecule has 4 aromatic rings. The predicted molar refractivity (Wildman–Crippen MR) is 197 cm³/mol. The van der Waals surface area contributed by atoms with Crippen LogP contribution in [0.1, 0.15) is 116 Å². The number of rotatable bonds is 19. The van der Waals surface area contributed by atoms with Gasteiger partial charge in [0.1, 0.15) is 0 Å². The van der Waals surface area contributed by atoms with Gasteiger partial charge in [-0.1, -0.05) is 117 Å². The molecule has 4 rings (SSSR count). The first-order valence-corrected chi connectivity index (χ1v) is 19.0. The summed E-state index contributed by atoms with van der Waals surface area (Å²) in [5.74, 6) is 0. The standard InChI is InChI=1S/C40H59N2P/c1-7-11-18-24-41(25-19-12-8-2)37-30-35-36-31-38(42(26-20-13-9-3)27-21-14-10-4)33(6)29-40(36)43(39(35)28-32(37)5)34-22-16-15-17-23-34/h15-17,22-23,28-31H,7-14,18-21,24-27H2,1-6H3. The van der Waals surface area contributed by atoms with Crippen molar-refractivity contribution < 1.29 is 0 Å². The quantitative estimate of drug-likeness (QED) is 0.0991. The molecule has 3 heteroatoms. The highest BCUT2D eigenvalue weighted by Crippen LogP contribution is 2.57. The van der Waals surface area contributed by atoms with Crippen LogP contribution in [-0.4, -0.2) is 26.2 Å².